The van der Waals surface area contributed by atoms with E-state index in [0.29, 0.717) is 10.8 Å². The fourth-order valence-electron chi connectivity index (χ4n) is 1.50. The van der Waals surface area contributed by atoms with Gasteiger partial charge in [-0.05, 0) is 13.3 Å². The maximum Gasteiger partial charge on any atom is 0.280 e. The number of amides is 1. The Hall–Kier alpha value is -1.96. The summed E-state index contributed by atoms with van der Waals surface area (Å²) in [4.78, 5) is 11.9. The fourth-order valence-corrected chi connectivity index (χ4v) is 2.09. The Kier molecular flexibility index (Phi) is 3.56. The van der Waals surface area contributed by atoms with E-state index in [1.54, 1.807) is 0 Å². The van der Waals surface area contributed by atoms with Crippen molar-refractivity contribution in [2.24, 2.45) is 0 Å². The molecule has 7 nitrogen and oxygen atoms in total. The Bertz CT molecular complexity index is 560. The first kappa shape index (κ1) is 12.5. The number of H-pyrrole nitrogens is 1. The third-order valence-corrected chi connectivity index (χ3v) is 3.10. The van der Waals surface area contributed by atoms with Gasteiger partial charge in [0.2, 0.25) is 5.13 Å². The van der Waals surface area contributed by atoms with Gasteiger partial charge >= 0.3 is 0 Å². The maximum absolute atomic E-state index is 11.9. The third-order valence-electron chi connectivity index (χ3n) is 2.34. The first-order chi connectivity index (χ1) is 8.61. The van der Waals surface area contributed by atoms with Crippen LogP contribution in [0.15, 0.2) is 0 Å². The van der Waals surface area contributed by atoms with E-state index >= 15 is 0 Å². The van der Waals surface area contributed by atoms with Crippen LogP contribution in [0.5, 0.6) is 0 Å². The average molecular weight is 266 g/mol. The second kappa shape index (κ2) is 5.13. The molecule has 8 heteroatoms. The van der Waals surface area contributed by atoms with Gasteiger partial charge in [-0.15, -0.1) is 10.2 Å². The number of aromatic amines is 1. The van der Waals surface area contributed by atoms with Crippen molar-refractivity contribution in [1.29, 1.82) is 0 Å². The number of nitrogens with one attached hydrogen (secondary N) is 2. The predicted octanol–water partition coefficient (Wildman–Crippen LogP) is 1.36. The molecule has 0 aliphatic heterocycles. The maximum atomic E-state index is 11.9. The number of aromatic nitrogens is 4. The van der Waals surface area contributed by atoms with Crippen LogP contribution in [0.3, 0.4) is 0 Å². The zero-order valence-corrected chi connectivity index (χ0v) is 11.0. The minimum Gasteiger partial charge on any atom is -0.395 e. The molecule has 0 atom stereocenters. The van der Waals surface area contributed by atoms with Gasteiger partial charge in [-0.1, -0.05) is 24.7 Å². The number of nitrogen functional groups attached to an aromatic ring is 1. The van der Waals surface area contributed by atoms with Gasteiger partial charge in [0.25, 0.3) is 5.91 Å². The van der Waals surface area contributed by atoms with Crippen molar-refractivity contribution in [2.75, 3.05) is 11.1 Å². The molecule has 4 N–H and O–H groups in total. The third kappa shape index (κ3) is 2.48. The molecule has 96 valence electrons. The van der Waals surface area contributed by atoms with E-state index in [2.05, 4.69) is 25.7 Å². The minimum atomic E-state index is -0.373. The van der Waals surface area contributed by atoms with E-state index in [1.165, 1.54) is 11.3 Å². The summed E-state index contributed by atoms with van der Waals surface area (Å²) in [6, 6.07) is 0. The van der Waals surface area contributed by atoms with Gasteiger partial charge in [-0.25, -0.2) is 0 Å². The molecule has 0 radical (unpaired) electrons. The molecule has 18 heavy (non-hydrogen) atoms. The molecule has 2 rings (SSSR count). The van der Waals surface area contributed by atoms with Crippen LogP contribution in [0.2, 0.25) is 0 Å². The lowest BCUT2D eigenvalue weighted by molar-refractivity contribution is 0.102. The highest BCUT2D eigenvalue weighted by Gasteiger charge is 2.18. The van der Waals surface area contributed by atoms with Crippen molar-refractivity contribution in [1.82, 2.24) is 20.4 Å². The topological polar surface area (TPSA) is 110 Å². The largest absolute Gasteiger partial charge is 0.395 e. The molecule has 2 heterocycles. The van der Waals surface area contributed by atoms with Crippen LogP contribution in [-0.4, -0.2) is 26.3 Å². The lowest BCUT2D eigenvalue weighted by atomic mass is 10.2. The van der Waals surface area contributed by atoms with Gasteiger partial charge in [0, 0.05) is 0 Å². The van der Waals surface area contributed by atoms with E-state index < -0.39 is 0 Å². The lowest BCUT2D eigenvalue weighted by Gasteiger charge is -1.99. The minimum absolute atomic E-state index is 0.200. The molecule has 0 saturated heterocycles. The lowest BCUT2D eigenvalue weighted by Crippen LogP contribution is -2.14. The molecule has 0 fully saturated rings. The van der Waals surface area contributed by atoms with Gasteiger partial charge < -0.3 is 5.73 Å². The number of nitrogens with two attached hydrogens (primary N) is 1. The standard InChI is InChI=1S/C10H14N6OS/c1-3-4-6-7(11)8(15-14-6)9(17)12-10-16-13-5(2)18-10/h3-4,11H2,1-2H3,(H,14,15)(H,12,16,17). The van der Waals surface area contributed by atoms with Gasteiger partial charge in [-0.2, -0.15) is 5.10 Å². The highest BCUT2D eigenvalue weighted by atomic mass is 32.1. The van der Waals surface area contributed by atoms with E-state index in [4.69, 9.17) is 5.73 Å². The molecule has 0 spiro atoms. The second-order valence-electron chi connectivity index (χ2n) is 3.79. The summed E-state index contributed by atoms with van der Waals surface area (Å²) < 4.78 is 0. The number of carbonyl (C=O) groups is 1. The Morgan fingerprint density at radius 2 is 2.28 bits per heavy atom. The molecule has 0 aliphatic rings. The molecule has 0 unspecified atom stereocenters. The fraction of sp³-hybridized carbons (Fsp3) is 0.400. The number of carbonyl (C=O) groups excluding carboxylic acids is 1. The van der Waals surface area contributed by atoms with Crippen molar-refractivity contribution in [3.63, 3.8) is 0 Å². The summed E-state index contributed by atoms with van der Waals surface area (Å²) in [5.74, 6) is -0.373. The summed E-state index contributed by atoms with van der Waals surface area (Å²) in [5, 5.41) is 18.2. The number of rotatable bonds is 4. The Labute approximate surface area is 108 Å². The quantitative estimate of drug-likeness (QED) is 0.774. The van der Waals surface area contributed by atoms with E-state index in [-0.39, 0.29) is 11.6 Å². The summed E-state index contributed by atoms with van der Waals surface area (Å²) in [7, 11) is 0. The monoisotopic (exact) mass is 266 g/mol. The Balaban J connectivity index is 2.14. The van der Waals surface area contributed by atoms with E-state index in [0.717, 1.165) is 23.5 Å². The predicted molar refractivity (Wildman–Crippen MR) is 69.6 cm³/mol. The highest BCUT2D eigenvalue weighted by Crippen LogP contribution is 2.19. The van der Waals surface area contributed by atoms with Gasteiger partial charge in [0.15, 0.2) is 5.69 Å². The summed E-state index contributed by atoms with van der Waals surface area (Å²) in [6.07, 6.45) is 1.70. The molecule has 1 amide bonds. The molecule has 0 saturated carbocycles. The Morgan fingerprint density at radius 3 is 2.89 bits per heavy atom. The average Bonchev–Trinajstić information content (AvgIpc) is 2.87. The van der Waals surface area contributed by atoms with Gasteiger partial charge in [0.05, 0.1) is 11.4 Å². The molecular formula is C10H14N6OS. The van der Waals surface area contributed by atoms with Crippen molar-refractivity contribution in [3.05, 3.63) is 16.4 Å². The number of anilines is 2. The SMILES string of the molecule is CCCc1[nH]nc(C(=O)Nc2nnc(C)s2)c1N. The van der Waals surface area contributed by atoms with E-state index in [9.17, 15) is 4.79 Å². The Morgan fingerprint density at radius 1 is 1.50 bits per heavy atom. The first-order valence-corrected chi connectivity index (χ1v) is 6.37. The summed E-state index contributed by atoms with van der Waals surface area (Å²) >= 11 is 1.30. The highest BCUT2D eigenvalue weighted by molar-refractivity contribution is 7.15. The van der Waals surface area contributed by atoms with Crippen LogP contribution in [0.4, 0.5) is 10.8 Å². The zero-order chi connectivity index (χ0) is 13.1. The summed E-state index contributed by atoms with van der Waals surface area (Å²) in [5.41, 5.74) is 7.25. The van der Waals surface area contributed by atoms with Crippen LogP contribution >= 0.6 is 11.3 Å². The molecular weight excluding hydrogens is 252 g/mol. The number of hydrogen-bond donors (Lipinski definition) is 3. The van der Waals surface area contributed by atoms with Crippen LogP contribution < -0.4 is 11.1 Å². The molecule has 2 aromatic heterocycles. The first-order valence-electron chi connectivity index (χ1n) is 5.56. The number of hydrogen-bond acceptors (Lipinski definition) is 6. The van der Waals surface area contributed by atoms with Crippen LogP contribution in [0.1, 0.15) is 34.5 Å². The second-order valence-corrected chi connectivity index (χ2v) is 4.98. The van der Waals surface area contributed by atoms with Crippen LogP contribution in [0.25, 0.3) is 0 Å². The number of nitrogens with zero attached hydrogens (tertiary/aromatic N) is 3. The number of aryl methyl sites for hydroxylation is 2. The van der Waals surface area contributed by atoms with Crippen molar-refractivity contribution < 1.29 is 4.79 Å². The molecule has 0 aliphatic carbocycles. The zero-order valence-electron chi connectivity index (χ0n) is 10.1. The molecule has 0 aromatic carbocycles. The van der Waals surface area contributed by atoms with Gasteiger partial charge in [0.1, 0.15) is 5.01 Å². The van der Waals surface area contributed by atoms with Crippen LogP contribution in [-0.2, 0) is 6.42 Å². The van der Waals surface area contributed by atoms with Crippen molar-refractivity contribution in [2.45, 2.75) is 26.7 Å². The van der Waals surface area contributed by atoms with Crippen molar-refractivity contribution >= 4 is 28.1 Å². The molecule has 0 bridgehead atoms. The van der Waals surface area contributed by atoms with E-state index in [1.807, 2.05) is 13.8 Å². The smallest absolute Gasteiger partial charge is 0.280 e. The summed E-state index contributed by atoms with van der Waals surface area (Å²) in [6.45, 7) is 3.85. The normalized spacial score (nSPS) is 10.6. The van der Waals surface area contributed by atoms with Gasteiger partial charge in [-0.3, -0.25) is 15.2 Å². The van der Waals surface area contributed by atoms with Crippen molar-refractivity contribution in [3.8, 4) is 0 Å². The molecule has 2 aromatic rings. The van der Waals surface area contributed by atoms with Crippen LogP contribution in [0, 0.1) is 6.92 Å².